The van der Waals surface area contributed by atoms with Gasteiger partial charge in [-0.15, -0.1) is 0 Å². The molecule has 10 rings (SSSR count). The van der Waals surface area contributed by atoms with Gasteiger partial charge in [0.2, 0.25) is 0 Å². The molecule has 0 saturated carbocycles. The topological polar surface area (TPSA) is 4.93 Å². The molecule has 1 heterocycles. The van der Waals surface area contributed by atoms with Gasteiger partial charge < -0.3 is 4.57 Å². The van der Waals surface area contributed by atoms with Crippen LogP contribution in [-0.2, 0) is 5.41 Å². The summed E-state index contributed by atoms with van der Waals surface area (Å²) >= 11 is 0. The average molecular weight is 560 g/mol. The third-order valence-corrected chi connectivity index (χ3v) is 10.3. The number of hydrogen-bond donors (Lipinski definition) is 0. The van der Waals surface area contributed by atoms with Gasteiger partial charge in [-0.2, -0.15) is 0 Å². The third kappa shape index (κ3) is 2.99. The van der Waals surface area contributed by atoms with Crippen LogP contribution in [0.2, 0.25) is 0 Å². The van der Waals surface area contributed by atoms with Gasteiger partial charge in [0.25, 0.3) is 0 Å². The quantitative estimate of drug-likeness (QED) is 0.198. The van der Waals surface area contributed by atoms with E-state index in [9.17, 15) is 0 Å². The zero-order chi connectivity index (χ0) is 29.2. The first kappa shape index (κ1) is 24.1. The highest BCUT2D eigenvalue weighted by atomic mass is 15.0. The molecule has 206 valence electrons. The summed E-state index contributed by atoms with van der Waals surface area (Å²) in [6, 6.07) is 52.1. The first-order valence-corrected chi connectivity index (χ1v) is 15.5. The van der Waals surface area contributed by atoms with Crippen molar-refractivity contribution in [2.45, 2.75) is 19.3 Å². The summed E-state index contributed by atoms with van der Waals surface area (Å²) in [6.45, 7) is 4.73. The van der Waals surface area contributed by atoms with E-state index in [4.69, 9.17) is 0 Å². The second kappa shape index (κ2) is 8.36. The smallest absolute Gasteiger partial charge is 0.0547 e. The molecular formula is C43H29N. The van der Waals surface area contributed by atoms with E-state index in [2.05, 4.69) is 158 Å². The van der Waals surface area contributed by atoms with Gasteiger partial charge in [0.1, 0.15) is 0 Å². The lowest BCUT2D eigenvalue weighted by Crippen LogP contribution is -2.14. The van der Waals surface area contributed by atoms with E-state index < -0.39 is 0 Å². The minimum atomic E-state index is -0.0291. The van der Waals surface area contributed by atoms with Crippen molar-refractivity contribution in [1.29, 1.82) is 0 Å². The Hall–Kier alpha value is -5.40. The highest BCUT2D eigenvalue weighted by Crippen LogP contribution is 2.52. The molecule has 0 aliphatic heterocycles. The van der Waals surface area contributed by atoms with Gasteiger partial charge in [0, 0.05) is 21.9 Å². The molecule has 0 spiro atoms. The van der Waals surface area contributed by atoms with Crippen LogP contribution in [0.1, 0.15) is 25.0 Å². The van der Waals surface area contributed by atoms with E-state index in [-0.39, 0.29) is 5.41 Å². The molecule has 44 heavy (non-hydrogen) atoms. The van der Waals surface area contributed by atoms with E-state index in [0.717, 1.165) is 0 Å². The van der Waals surface area contributed by atoms with Crippen LogP contribution in [0.4, 0.5) is 0 Å². The van der Waals surface area contributed by atoms with E-state index in [0.29, 0.717) is 0 Å². The molecular weight excluding hydrogens is 530 g/mol. The van der Waals surface area contributed by atoms with Crippen LogP contribution in [0, 0.1) is 0 Å². The number of fused-ring (bicyclic) bond motifs is 9. The van der Waals surface area contributed by atoms with Gasteiger partial charge in [-0.1, -0.05) is 123 Å². The van der Waals surface area contributed by atoms with Crippen LogP contribution in [0.25, 0.3) is 82.8 Å². The zero-order valence-corrected chi connectivity index (χ0v) is 24.7. The summed E-state index contributed by atoms with van der Waals surface area (Å²) < 4.78 is 2.47. The molecule has 1 heteroatoms. The Balaban J connectivity index is 1.22. The molecule has 2 aliphatic carbocycles. The Morgan fingerprint density at radius 3 is 1.93 bits per heavy atom. The van der Waals surface area contributed by atoms with Crippen LogP contribution in [0.5, 0.6) is 0 Å². The fourth-order valence-corrected chi connectivity index (χ4v) is 8.31. The molecule has 1 nitrogen and oxygen atoms in total. The Morgan fingerprint density at radius 2 is 1.07 bits per heavy atom. The molecule has 8 aromatic rings. The Labute approximate surface area is 256 Å². The maximum Gasteiger partial charge on any atom is 0.0547 e. The van der Waals surface area contributed by atoms with Crippen LogP contribution in [-0.4, -0.2) is 4.57 Å². The second-order valence-electron chi connectivity index (χ2n) is 12.9. The highest BCUT2D eigenvalue weighted by molar-refractivity contribution is 6.19. The van der Waals surface area contributed by atoms with Crippen molar-refractivity contribution in [2.75, 3.05) is 0 Å². The van der Waals surface area contributed by atoms with E-state index >= 15 is 0 Å². The fourth-order valence-electron chi connectivity index (χ4n) is 8.31. The second-order valence-corrected chi connectivity index (χ2v) is 12.9. The summed E-state index contributed by atoms with van der Waals surface area (Å²) in [6.07, 6.45) is 0. The van der Waals surface area contributed by atoms with E-state index in [1.807, 2.05) is 0 Å². The van der Waals surface area contributed by atoms with Crippen molar-refractivity contribution in [3.63, 3.8) is 0 Å². The number of para-hydroxylation sites is 1. The average Bonchev–Trinajstić information content (AvgIpc) is 3.65. The number of hydrogen-bond acceptors (Lipinski definition) is 0. The Kier molecular flexibility index (Phi) is 4.58. The molecule has 0 fully saturated rings. The highest BCUT2D eigenvalue weighted by Gasteiger charge is 2.36. The molecule has 0 bridgehead atoms. The number of aromatic nitrogens is 1. The van der Waals surface area contributed by atoms with Crippen LogP contribution in [0.3, 0.4) is 0 Å². The maximum atomic E-state index is 2.47. The monoisotopic (exact) mass is 559 g/mol. The minimum Gasteiger partial charge on any atom is -0.309 e. The predicted molar refractivity (Wildman–Crippen MR) is 186 cm³/mol. The van der Waals surface area contributed by atoms with E-state index in [1.165, 1.54) is 93.9 Å². The summed E-state index contributed by atoms with van der Waals surface area (Å²) in [5.74, 6) is 0. The number of nitrogens with zero attached hydrogens (tertiary/aromatic N) is 1. The lowest BCUT2D eigenvalue weighted by atomic mass is 9.82. The Bertz CT molecular complexity index is 2490. The van der Waals surface area contributed by atoms with Crippen molar-refractivity contribution in [1.82, 2.24) is 4.57 Å². The molecule has 0 radical (unpaired) electrons. The van der Waals surface area contributed by atoms with E-state index in [1.54, 1.807) is 0 Å². The standard InChI is InChI=1S/C43H29N/c1-43(2)38-19-7-5-15-31(38)36-25-41-37(24-39(36)43)32-16-6-8-20-40(32)44(41)27-12-9-11-26(23-27)28-21-22-35-30-14-4-3-13-29(30)34-18-10-17-33(28)42(34)35/h3-25H,1-2H3. The molecule has 7 aromatic carbocycles. The van der Waals surface area contributed by atoms with Gasteiger partial charge in [0.05, 0.1) is 11.0 Å². The summed E-state index contributed by atoms with van der Waals surface area (Å²) in [5.41, 5.74) is 17.0. The van der Waals surface area contributed by atoms with Crippen molar-refractivity contribution in [3.8, 4) is 50.2 Å². The van der Waals surface area contributed by atoms with Gasteiger partial charge in [-0.3, -0.25) is 0 Å². The molecule has 0 saturated heterocycles. The molecule has 2 aliphatic rings. The van der Waals surface area contributed by atoms with Gasteiger partial charge >= 0.3 is 0 Å². The lowest BCUT2D eigenvalue weighted by molar-refractivity contribution is 0.661. The SMILES string of the molecule is CC1(C)c2ccccc2-c2cc3c(cc21)c1ccccc1n3-c1cccc(-c2ccc3c4c(cccc24)-c2ccccc2-3)c1. The van der Waals surface area contributed by atoms with Crippen molar-refractivity contribution >= 4 is 32.6 Å². The summed E-state index contributed by atoms with van der Waals surface area (Å²) in [5, 5.41) is 5.29. The van der Waals surface area contributed by atoms with Crippen LogP contribution in [0.15, 0.2) is 140 Å². The normalized spacial score (nSPS) is 13.9. The number of rotatable bonds is 2. The molecule has 1 aromatic heterocycles. The summed E-state index contributed by atoms with van der Waals surface area (Å²) in [7, 11) is 0. The van der Waals surface area contributed by atoms with Crippen molar-refractivity contribution < 1.29 is 0 Å². The first-order chi connectivity index (χ1) is 21.6. The minimum absolute atomic E-state index is 0.0291. The van der Waals surface area contributed by atoms with Crippen LogP contribution >= 0.6 is 0 Å². The third-order valence-electron chi connectivity index (χ3n) is 10.3. The Morgan fingerprint density at radius 1 is 0.409 bits per heavy atom. The largest absolute Gasteiger partial charge is 0.309 e. The molecule has 0 N–H and O–H groups in total. The van der Waals surface area contributed by atoms with Crippen molar-refractivity contribution in [2.24, 2.45) is 0 Å². The van der Waals surface area contributed by atoms with Crippen LogP contribution < -0.4 is 0 Å². The molecule has 0 unspecified atom stereocenters. The first-order valence-electron chi connectivity index (χ1n) is 15.5. The maximum absolute atomic E-state index is 2.47. The zero-order valence-electron chi connectivity index (χ0n) is 24.7. The lowest BCUT2D eigenvalue weighted by Gasteiger charge is -2.21. The molecule has 0 amide bonds. The van der Waals surface area contributed by atoms with Gasteiger partial charge in [-0.25, -0.2) is 0 Å². The van der Waals surface area contributed by atoms with Crippen molar-refractivity contribution in [3.05, 3.63) is 151 Å². The molecule has 0 atom stereocenters. The van der Waals surface area contributed by atoms with Gasteiger partial charge in [-0.05, 0) is 96.7 Å². The predicted octanol–water partition coefficient (Wildman–Crippen LogP) is 11.6. The fraction of sp³-hybridized carbons (Fsp3) is 0.0698. The number of benzene rings is 7. The summed E-state index contributed by atoms with van der Waals surface area (Å²) in [4.78, 5) is 0. The van der Waals surface area contributed by atoms with Gasteiger partial charge in [0.15, 0.2) is 0 Å².